The summed E-state index contributed by atoms with van der Waals surface area (Å²) >= 11 is 14.3. The topological polar surface area (TPSA) is 69.6 Å². The maximum Gasteiger partial charge on any atom is 0.282 e. The van der Waals surface area contributed by atoms with E-state index in [4.69, 9.17) is 37.3 Å². The van der Waals surface area contributed by atoms with E-state index in [9.17, 15) is 4.79 Å². The second-order valence-electron chi connectivity index (χ2n) is 8.71. The van der Waals surface area contributed by atoms with Crippen LogP contribution in [0, 0.1) is 3.57 Å². The van der Waals surface area contributed by atoms with Crippen molar-refractivity contribution in [3.8, 4) is 17.3 Å². The molecule has 0 amide bonds. The van der Waals surface area contributed by atoms with Gasteiger partial charge in [-0.2, -0.15) is 9.78 Å². The maximum atomic E-state index is 13.5. The lowest BCUT2D eigenvalue weighted by molar-refractivity contribution is 0.304. The van der Waals surface area contributed by atoms with Gasteiger partial charge in [-0.15, -0.1) is 0 Å². The van der Waals surface area contributed by atoms with Crippen LogP contribution >= 0.6 is 45.8 Å². The Balaban J connectivity index is 1.35. The first-order valence-electron chi connectivity index (χ1n) is 11.9. The molecule has 0 aliphatic heterocycles. The van der Waals surface area contributed by atoms with E-state index < -0.39 is 0 Å². The summed E-state index contributed by atoms with van der Waals surface area (Å²) in [5, 5.41) is 7.07. The van der Waals surface area contributed by atoms with Gasteiger partial charge in [0, 0.05) is 15.4 Å². The van der Waals surface area contributed by atoms with Crippen molar-refractivity contribution < 1.29 is 9.15 Å². The normalized spacial score (nSPS) is 11.6. The van der Waals surface area contributed by atoms with Gasteiger partial charge in [0.05, 0.1) is 20.7 Å². The number of hydrogen-bond donors (Lipinski definition) is 0. The quantitative estimate of drug-likeness (QED) is 0.133. The van der Waals surface area contributed by atoms with E-state index in [1.54, 1.807) is 48.7 Å². The minimum atomic E-state index is -0.303. The van der Waals surface area contributed by atoms with Crippen LogP contribution in [0.5, 0.6) is 5.75 Å². The zero-order valence-corrected chi connectivity index (χ0v) is 23.8. The predicted octanol–water partition coefficient (Wildman–Crippen LogP) is 8.18. The first-order chi connectivity index (χ1) is 18.9. The molecule has 0 bridgehead atoms. The van der Waals surface area contributed by atoms with Gasteiger partial charge in [0.1, 0.15) is 17.9 Å². The smallest absolute Gasteiger partial charge is 0.282 e. The van der Waals surface area contributed by atoms with Gasteiger partial charge in [-0.05, 0) is 100 Å². The van der Waals surface area contributed by atoms with Crippen molar-refractivity contribution in [1.29, 1.82) is 0 Å². The summed E-state index contributed by atoms with van der Waals surface area (Å²) in [6, 6.07) is 27.5. The van der Waals surface area contributed by atoms with Crippen LogP contribution in [0.4, 0.5) is 0 Å². The van der Waals surface area contributed by atoms with E-state index >= 15 is 0 Å². The number of furan rings is 1. The van der Waals surface area contributed by atoms with Crippen LogP contribution in [0.25, 0.3) is 33.5 Å². The Labute approximate surface area is 246 Å². The molecule has 6 rings (SSSR count). The number of fused-ring (bicyclic) bond motifs is 2. The number of nitrogens with zero attached hydrogens (tertiary/aromatic N) is 3. The van der Waals surface area contributed by atoms with E-state index in [2.05, 4.69) is 27.7 Å². The third-order valence-corrected chi connectivity index (χ3v) is 7.37. The second-order valence-corrected chi connectivity index (χ2v) is 10.7. The van der Waals surface area contributed by atoms with E-state index in [0.29, 0.717) is 44.7 Å². The molecule has 6 nitrogen and oxygen atoms in total. The number of halogens is 3. The standard InChI is InChI=1S/C30H18Cl2IN3O3/c31-21-8-5-18(6-9-21)17-38-27-11-7-19(13-24(27)33)16-34-36-29(35-25-4-2-1-3-23(25)30(36)37)28-15-20-14-22(32)10-12-26(20)39-28/h1-16H,17H2. The minimum Gasteiger partial charge on any atom is -0.488 e. The average molecular weight is 666 g/mol. The van der Waals surface area contributed by atoms with Gasteiger partial charge in [-0.3, -0.25) is 4.79 Å². The number of aromatic nitrogens is 2. The zero-order valence-electron chi connectivity index (χ0n) is 20.1. The van der Waals surface area contributed by atoms with Crippen LogP contribution in [0.3, 0.4) is 0 Å². The van der Waals surface area contributed by atoms with E-state index in [1.807, 2.05) is 48.5 Å². The van der Waals surface area contributed by atoms with Crippen molar-refractivity contribution in [2.24, 2.45) is 5.10 Å². The number of hydrogen-bond acceptors (Lipinski definition) is 5. The van der Waals surface area contributed by atoms with Gasteiger partial charge in [0.2, 0.25) is 5.82 Å². The third-order valence-electron chi connectivity index (χ3n) is 6.04. The van der Waals surface area contributed by atoms with E-state index in [1.165, 1.54) is 4.68 Å². The summed E-state index contributed by atoms with van der Waals surface area (Å²) in [4.78, 5) is 18.2. The molecule has 0 N–H and O–H groups in total. The van der Waals surface area contributed by atoms with Crippen LogP contribution in [0.15, 0.2) is 105 Å². The summed E-state index contributed by atoms with van der Waals surface area (Å²) in [5.74, 6) is 1.45. The fraction of sp³-hybridized carbons (Fsp3) is 0.0333. The Bertz CT molecular complexity index is 1930. The Morgan fingerprint density at radius 1 is 0.949 bits per heavy atom. The average Bonchev–Trinajstić information content (AvgIpc) is 3.36. The molecule has 4 aromatic carbocycles. The van der Waals surface area contributed by atoms with Crippen molar-refractivity contribution >= 4 is 73.9 Å². The van der Waals surface area contributed by atoms with Crippen molar-refractivity contribution in [2.45, 2.75) is 6.61 Å². The lowest BCUT2D eigenvalue weighted by Gasteiger charge is -2.09. The van der Waals surface area contributed by atoms with E-state index in [-0.39, 0.29) is 5.56 Å². The van der Waals surface area contributed by atoms with Crippen molar-refractivity contribution in [3.05, 3.63) is 126 Å². The van der Waals surface area contributed by atoms with Gasteiger partial charge in [0.25, 0.3) is 5.56 Å². The van der Waals surface area contributed by atoms with Crippen LogP contribution in [0.1, 0.15) is 11.1 Å². The fourth-order valence-corrected chi connectivity index (χ4v) is 5.10. The lowest BCUT2D eigenvalue weighted by atomic mass is 10.2. The molecular formula is C30H18Cl2IN3O3. The minimum absolute atomic E-state index is 0.292. The van der Waals surface area contributed by atoms with E-state index in [0.717, 1.165) is 25.8 Å². The molecule has 2 heterocycles. The highest BCUT2D eigenvalue weighted by Gasteiger charge is 2.16. The summed E-state index contributed by atoms with van der Waals surface area (Å²) < 4.78 is 14.2. The molecule has 192 valence electrons. The molecule has 0 saturated carbocycles. The highest BCUT2D eigenvalue weighted by atomic mass is 127. The molecule has 0 aliphatic rings. The number of ether oxygens (including phenoxy) is 1. The number of rotatable bonds is 6. The first-order valence-corrected chi connectivity index (χ1v) is 13.7. The highest BCUT2D eigenvalue weighted by molar-refractivity contribution is 14.1. The Morgan fingerprint density at radius 2 is 1.74 bits per heavy atom. The largest absolute Gasteiger partial charge is 0.488 e. The van der Waals surface area contributed by atoms with Crippen LogP contribution in [0.2, 0.25) is 10.0 Å². The zero-order chi connectivity index (χ0) is 26.9. The second kappa shape index (κ2) is 10.8. The lowest BCUT2D eigenvalue weighted by Crippen LogP contribution is -2.20. The monoisotopic (exact) mass is 665 g/mol. The summed E-state index contributed by atoms with van der Waals surface area (Å²) in [5.41, 5.74) is 2.70. The molecule has 0 radical (unpaired) electrons. The summed E-state index contributed by atoms with van der Waals surface area (Å²) in [7, 11) is 0. The molecule has 0 saturated heterocycles. The summed E-state index contributed by atoms with van der Waals surface area (Å²) in [6.07, 6.45) is 1.62. The molecule has 6 aromatic rings. The molecule has 0 fully saturated rings. The molecule has 2 aromatic heterocycles. The van der Waals surface area contributed by atoms with Gasteiger partial charge in [-0.1, -0.05) is 47.5 Å². The SMILES string of the molecule is O=c1c2ccccc2nc(-c2cc3cc(Cl)ccc3o2)n1N=Cc1ccc(OCc2ccc(Cl)cc2)c(I)c1. The fourth-order valence-electron chi connectivity index (χ4n) is 4.10. The van der Waals surface area contributed by atoms with Crippen LogP contribution in [-0.2, 0) is 6.61 Å². The molecule has 0 atom stereocenters. The van der Waals surface area contributed by atoms with Gasteiger partial charge >= 0.3 is 0 Å². The van der Waals surface area contributed by atoms with Gasteiger partial charge in [-0.25, -0.2) is 4.98 Å². The molecule has 39 heavy (non-hydrogen) atoms. The van der Waals surface area contributed by atoms with Crippen molar-refractivity contribution in [2.75, 3.05) is 0 Å². The number of benzene rings is 4. The van der Waals surface area contributed by atoms with Gasteiger partial charge in [0.15, 0.2) is 5.76 Å². The van der Waals surface area contributed by atoms with Crippen molar-refractivity contribution in [3.63, 3.8) is 0 Å². The Kier molecular flexibility index (Phi) is 7.12. The Hall–Kier alpha value is -3.66. The molecule has 0 aliphatic carbocycles. The molecule has 0 unspecified atom stereocenters. The van der Waals surface area contributed by atoms with Crippen molar-refractivity contribution in [1.82, 2.24) is 9.66 Å². The summed E-state index contributed by atoms with van der Waals surface area (Å²) in [6.45, 7) is 0.421. The Morgan fingerprint density at radius 3 is 2.56 bits per heavy atom. The maximum absolute atomic E-state index is 13.5. The predicted molar refractivity (Wildman–Crippen MR) is 164 cm³/mol. The highest BCUT2D eigenvalue weighted by Crippen LogP contribution is 2.29. The number of para-hydroxylation sites is 1. The van der Waals surface area contributed by atoms with Gasteiger partial charge < -0.3 is 9.15 Å². The first kappa shape index (κ1) is 25.6. The van der Waals surface area contributed by atoms with Crippen LogP contribution in [-0.4, -0.2) is 15.9 Å². The molecule has 0 spiro atoms. The molecule has 9 heteroatoms. The molecular weight excluding hydrogens is 648 g/mol. The van der Waals surface area contributed by atoms with Crippen LogP contribution < -0.4 is 10.3 Å². The third kappa shape index (κ3) is 5.43.